The van der Waals surface area contributed by atoms with E-state index >= 15 is 0 Å². The van der Waals surface area contributed by atoms with Crippen LogP contribution < -0.4 is 0 Å². The van der Waals surface area contributed by atoms with Crippen molar-refractivity contribution in [3.63, 3.8) is 0 Å². The third-order valence-corrected chi connectivity index (χ3v) is 4.70. The maximum absolute atomic E-state index is 12.4. The number of nitrogens with zero attached hydrogens (tertiary/aromatic N) is 1. The Morgan fingerprint density at radius 1 is 1.50 bits per heavy atom. The van der Waals surface area contributed by atoms with Crippen molar-refractivity contribution in [1.82, 2.24) is 4.90 Å². The van der Waals surface area contributed by atoms with Crippen LogP contribution >= 0.6 is 35.0 Å². The first kappa shape index (κ1) is 14.2. The summed E-state index contributed by atoms with van der Waals surface area (Å²) in [4.78, 5) is 14.1. The molecule has 0 saturated carbocycles. The Morgan fingerprint density at radius 2 is 2.22 bits per heavy atom. The van der Waals surface area contributed by atoms with Crippen LogP contribution in [-0.2, 0) is 0 Å². The Balaban J connectivity index is 2.25. The molecule has 0 amide bonds. The summed E-state index contributed by atoms with van der Waals surface area (Å²) in [6.45, 7) is 0.768. The highest BCUT2D eigenvalue weighted by Crippen LogP contribution is 2.29. The molecule has 1 fully saturated rings. The molecule has 1 aliphatic rings. The highest BCUT2D eigenvalue weighted by Gasteiger charge is 2.34. The van der Waals surface area contributed by atoms with E-state index in [-0.39, 0.29) is 5.78 Å². The van der Waals surface area contributed by atoms with Crippen molar-refractivity contribution in [3.05, 3.63) is 33.8 Å². The minimum absolute atomic E-state index is 0.152. The van der Waals surface area contributed by atoms with E-state index in [1.165, 1.54) is 11.8 Å². The molecule has 98 valence electrons. The van der Waals surface area contributed by atoms with Crippen molar-refractivity contribution < 1.29 is 9.90 Å². The lowest BCUT2D eigenvalue weighted by Gasteiger charge is -2.34. The van der Waals surface area contributed by atoms with Crippen molar-refractivity contribution in [3.8, 4) is 0 Å². The summed E-state index contributed by atoms with van der Waals surface area (Å²) in [5, 5.41) is 10.4. The number of rotatable bonds is 2. The van der Waals surface area contributed by atoms with Gasteiger partial charge in [-0.25, -0.2) is 0 Å². The SMILES string of the molecule is CN1CCSC(C(=O)c2ccc(Cl)cc2Cl)C1O. The molecule has 2 rings (SSSR count). The summed E-state index contributed by atoms with van der Waals surface area (Å²) in [5.74, 6) is 0.663. The molecular weight excluding hydrogens is 293 g/mol. The maximum Gasteiger partial charge on any atom is 0.181 e. The van der Waals surface area contributed by atoms with E-state index in [2.05, 4.69) is 0 Å². The van der Waals surface area contributed by atoms with Gasteiger partial charge in [0.25, 0.3) is 0 Å². The van der Waals surface area contributed by atoms with Gasteiger partial charge in [0.05, 0.1) is 5.02 Å². The van der Waals surface area contributed by atoms with E-state index in [9.17, 15) is 9.90 Å². The maximum atomic E-state index is 12.4. The van der Waals surface area contributed by atoms with Gasteiger partial charge < -0.3 is 5.11 Å². The molecule has 2 atom stereocenters. The number of Topliss-reactive ketones (excluding diaryl/α,β-unsaturated/α-hetero) is 1. The van der Waals surface area contributed by atoms with E-state index in [1.807, 2.05) is 0 Å². The molecule has 1 saturated heterocycles. The van der Waals surface area contributed by atoms with E-state index in [0.717, 1.165) is 12.3 Å². The van der Waals surface area contributed by atoms with Gasteiger partial charge in [-0.2, -0.15) is 0 Å². The minimum Gasteiger partial charge on any atom is -0.377 e. The van der Waals surface area contributed by atoms with Crippen molar-refractivity contribution >= 4 is 40.7 Å². The fraction of sp³-hybridized carbons (Fsp3) is 0.417. The van der Waals surface area contributed by atoms with Crippen LogP contribution in [0.5, 0.6) is 0 Å². The number of benzene rings is 1. The molecule has 2 unspecified atom stereocenters. The monoisotopic (exact) mass is 305 g/mol. The lowest BCUT2D eigenvalue weighted by molar-refractivity contribution is 0.0212. The predicted octanol–water partition coefficient (Wildman–Crippen LogP) is 2.54. The summed E-state index contributed by atoms with van der Waals surface area (Å²) < 4.78 is 0. The van der Waals surface area contributed by atoms with Crippen LogP contribution in [0.2, 0.25) is 10.0 Å². The summed E-state index contributed by atoms with van der Waals surface area (Å²) in [5.41, 5.74) is 0.410. The molecule has 0 radical (unpaired) electrons. The molecule has 0 bridgehead atoms. The summed E-state index contributed by atoms with van der Waals surface area (Å²) in [7, 11) is 1.80. The number of carbonyl (C=O) groups is 1. The van der Waals surface area contributed by atoms with Gasteiger partial charge >= 0.3 is 0 Å². The number of ketones is 1. The number of hydrogen-bond donors (Lipinski definition) is 1. The van der Waals surface area contributed by atoms with Gasteiger partial charge in [0, 0.05) is 22.9 Å². The zero-order valence-electron chi connectivity index (χ0n) is 9.77. The molecule has 1 aliphatic heterocycles. The number of hydrogen-bond acceptors (Lipinski definition) is 4. The van der Waals surface area contributed by atoms with Crippen molar-refractivity contribution in [2.45, 2.75) is 11.5 Å². The Labute approximate surface area is 120 Å². The second-order valence-electron chi connectivity index (χ2n) is 4.17. The molecule has 0 aliphatic carbocycles. The lowest BCUT2D eigenvalue weighted by atomic mass is 10.1. The third-order valence-electron chi connectivity index (χ3n) is 2.92. The van der Waals surface area contributed by atoms with Crippen LogP contribution in [0.3, 0.4) is 0 Å². The van der Waals surface area contributed by atoms with Gasteiger partial charge in [0.15, 0.2) is 5.78 Å². The Kier molecular flexibility index (Phi) is 4.56. The minimum atomic E-state index is -0.775. The molecule has 1 N–H and O–H groups in total. The van der Waals surface area contributed by atoms with Crippen LogP contribution in [0.25, 0.3) is 0 Å². The average molecular weight is 306 g/mol. The Morgan fingerprint density at radius 3 is 2.89 bits per heavy atom. The molecule has 1 heterocycles. The summed E-state index contributed by atoms with van der Waals surface area (Å²) in [6, 6.07) is 4.78. The highest BCUT2D eigenvalue weighted by atomic mass is 35.5. The van der Waals surface area contributed by atoms with Crippen LogP contribution in [0, 0.1) is 0 Å². The van der Waals surface area contributed by atoms with Gasteiger partial charge in [0.1, 0.15) is 11.5 Å². The smallest absolute Gasteiger partial charge is 0.181 e. The molecule has 0 spiro atoms. The van der Waals surface area contributed by atoms with Crippen molar-refractivity contribution in [2.75, 3.05) is 19.3 Å². The van der Waals surface area contributed by atoms with Crippen LogP contribution in [0.1, 0.15) is 10.4 Å². The van der Waals surface area contributed by atoms with Gasteiger partial charge in [-0.15, -0.1) is 11.8 Å². The molecule has 1 aromatic carbocycles. The first-order valence-corrected chi connectivity index (χ1v) is 7.30. The van der Waals surface area contributed by atoms with Crippen LogP contribution in [0.15, 0.2) is 18.2 Å². The fourth-order valence-electron chi connectivity index (χ4n) is 1.83. The van der Waals surface area contributed by atoms with E-state index in [1.54, 1.807) is 30.1 Å². The second kappa shape index (κ2) is 5.80. The largest absolute Gasteiger partial charge is 0.377 e. The first-order valence-electron chi connectivity index (χ1n) is 5.50. The topological polar surface area (TPSA) is 40.5 Å². The number of aliphatic hydroxyl groups excluding tert-OH is 1. The zero-order valence-corrected chi connectivity index (χ0v) is 12.1. The lowest BCUT2D eigenvalue weighted by Crippen LogP contribution is -2.48. The van der Waals surface area contributed by atoms with E-state index < -0.39 is 11.5 Å². The number of thioether (sulfide) groups is 1. The number of halogens is 2. The van der Waals surface area contributed by atoms with E-state index in [0.29, 0.717) is 15.6 Å². The van der Waals surface area contributed by atoms with Crippen molar-refractivity contribution in [1.29, 1.82) is 0 Å². The average Bonchev–Trinajstić information content (AvgIpc) is 2.32. The van der Waals surface area contributed by atoms with Gasteiger partial charge in [-0.05, 0) is 25.2 Å². The summed E-state index contributed by atoms with van der Waals surface area (Å²) in [6.07, 6.45) is -0.775. The third kappa shape index (κ3) is 2.83. The van der Waals surface area contributed by atoms with Crippen LogP contribution in [-0.4, -0.2) is 46.6 Å². The summed E-state index contributed by atoms with van der Waals surface area (Å²) >= 11 is 13.3. The molecule has 1 aromatic rings. The zero-order chi connectivity index (χ0) is 13.3. The van der Waals surface area contributed by atoms with Gasteiger partial charge in [-0.3, -0.25) is 9.69 Å². The highest BCUT2D eigenvalue weighted by molar-refractivity contribution is 8.00. The predicted molar refractivity (Wildman–Crippen MR) is 75.7 cm³/mol. The van der Waals surface area contributed by atoms with Crippen molar-refractivity contribution in [2.24, 2.45) is 0 Å². The number of carbonyl (C=O) groups excluding carboxylic acids is 1. The first-order chi connectivity index (χ1) is 8.50. The Hall–Kier alpha value is -0.260. The molecule has 0 aromatic heterocycles. The molecule has 18 heavy (non-hydrogen) atoms. The number of aliphatic hydroxyl groups is 1. The van der Waals surface area contributed by atoms with Gasteiger partial charge in [-0.1, -0.05) is 23.2 Å². The molecule has 3 nitrogen and oxygen atoms in total. The molecular formula is C12H13Cl2NO2S. The van der Waals surface area contributed by atoms with Gasteiger partial charge in [0.2, 0.25) is 0 Å². The van der Waals surface area contributed by atoms with Crippen LogP contribution in [0.4, 0.5) is 0 Å². The second-order valence-corrected chi connectivity index (χ2v) is 6.27. The standard InChI is InChI=1S/C12H13Cl2NO2S/c1-15-4-5-18-11(12(15)17)10(16)8-3-2-7(13)6-9(8)14/h2-3,6,11-12,17H,4-5H2,1H3. The van der Waals surface area contributed by atoms with E-state index in [4.69, 9.17) is 23.2 Å². The quantitative estimate of drug-likeness (QED) is 0.853. The molecule has 6 heteroatoms. The normalized spacial score (nSPS) is 25.1. The Bertz CT molecular complexity index is 469. The fourth-order valence-corrected chi connectivity index (χ4v) is 3.63.